The van der Waals surface area contributed by atoms with Crippen LogP contribution in [0, 0.1) is 6.92 Å². The summed E-state index contributed by atoms with van der Waals surface area (Å²) in [6.07, 6.45) is 3.94. The van der Waals surface area contributed by atoms with Crippen molar-refractivity contribution in [3.8, 4) is 11.1 Å². The summed E-state index contributed by atoms with van der Waals surface area (Å²) in [7, 11) is 0. The third kappa shape index (κ3) is 2.89. The molecule has 4 nitrogen and oxygen atoms in total. The van der Waals surface area contributed by atoms with Crippen LogP contribution in [0.1, 0.15) is 22.3 Å². The van der Waals surface area contributed by atoms with Gasteiger partial charge in [-0.1, -0.05) is 24.3 Å². The average Bonchev–Trinajstić information content (AvgIpc) is 3.07. The Bertz CT molecular complexity index is 952. The molecule has 1 amide bonds. The highest BCUT2D eigenvalue weighted by Crippen LogP contribution is 2.31. The van der Waals surface area contributed by atoms with Crippen molar-refractivity contribution >= 4 is 16.7 Å². The first kappa shape index (κ1) is 15.8. The highest BCUT2D eigenvalue weighted by atomic mass is 16.3. The van der Waals surface area contributed by atoms with Gasteiger partial charge in [0.25, 0.3) is 5.91 Å². The zero-order valence-corrected chi connectivity index (χ0v) is 14.1. The van der Waals surface area contributed by atoms with Gasteiger partial charge in [-0.3, -0.25) is 9.78 Å². The summed E-state index contributed by atoms with van der Waals surface area (Å²) in [5.74, 6) is -0.0126. The van der Waals surface area contributed by atoms with Gasteiger partial charge in [0.1, 0.15) is 0 Å². The summed E-state index contributed by atoms with van der Waals surface area (Å²) in [5.41, 5.74) is 4.07. The molecule has 0 aliphatic carbocycles. The van der Waals surface area contributed by atoms with Gasteiger partial charge < -0.3 is 10.0 Å². The van der Waals surface area contributed by atoms with Crippen molar-refractivity contribution < 1.29 is 9.90 Å². The average molecular weight is 332 g/mol. The van der Waals surface area contributed by atoms with Crippen molar-refractivity contribution in [3.63, 3.8) is 0 Å². The van der Waals surface area contributed by atoms with E-state index in [2.05, 4.69) is 18.0 Å². The lowest BCUT2D eigenvalue weighted by molar-refractivity contribution is 0.0765. The zero-order chi connectivity index (χ0) is 17.4. The van der Waals surface area contributed by atoms with E-state index in [4.69, 9.17) is 0 Å². The smallest absolute Gasteiger partial charge is 0.253 e. The quantitative estimate of drug-likeness (QED) is 0.782. The van der Waals surface area contributed by atoms with E-state index in [-0.39, 0.29) is 5.91 Å². The SMILES string of the molecule is Cc1ccncc1-c1cccc2cc(C(=O)N3CC[C@@H](O)C3)ccc12. The lowest BCUT2D eigenvalue weighted by Crippen LogP contribution is -2.29. The van der Waals surface area contributed by atoms with Crippen LogP contribution in [0.4, 0.5) is 0 Å². The largest absolute Gasteiger partial charge is 0.391 e. The Hall–Kier alpha value is -2.72. The number of nitrogens with zero attached hydrogens (tertiary/aromatic N) is 2. The van der Waals surface area contributed by atoms with Gasteiger partial charge in [-0.2, -0.15) is 0 Å². The number of aliphatic hydroxyl groups excluding tert-OH is 1. The monoisotopic (exact) mass is 332 g/mol. The van der Waals surface area contributed by atoms with Crippen molar-refractivity contribution in [1.29, 1.82) is 0 Å². The van der Waals surface area contributed by atoms with Crippen LogP contribution in [0.5, 0.6) is 0 Å². The second-order valence-electron chi connectivity index (χ2n) is 6.63. The Morgan fingerprint density at radius 3 is 2.84 bits per heavy atom. The van der Waals surface area contributed by atoms with Crippen LogP contribution in [0.2, 0.25) is 0 Å². The molecule has 2 heterocycles. The molecular weight excluding hydrogens is 312 g/mol. The normalized spacial score (nSPS) is 17.2. The molecule has 0 saturated carbocycles. The molecule has 0 spiro atoms. The van der Waals surface area contributed by atoms with Crippen LogP contribution in [-0.2, 0) is 0 Å². The Kier molecular flexibility index (Phi) is 3.98. The van der Waals surface area contributed by atoms with Gasteiger partial charge in [-0.05, 0) is 53.4 Å². The van der Waals surface area contributed by atoms with Gasteiger partial charge in [0.2, 0.25) is 0 Å². The number of β-amino-alcohol motifs (C(OH)–C–C–N with tert-alkyl or cyclic N) is 1. The van der Waals surface area contributed by atoms with Crippen molar-refractivity contribution in [2.45, 2.75) is 19.4 Å². The molecule has 4 heteroatoms. The van der Waals surface area contributed by atoms with E-state index in [1.54, 1.807) is 11.1 Å². The van der Waals surface area contributed by atoms with Crippen LogP contribution in [0.3, 0.4) is 0 Å². The number of carbonyl (C=O) groups excluding carboxylic acids is 1. The Labute approximate surface area is 146 Å². The lowest BCUT2D eigenvalue weighted by atomic mass is 9.95. The standard InChI is InChI=1S/C21H20N2O2/c1-14-7-9-22-12-20(14)19-4-2-3-15-11-16(5-6-18(15)19)21(25)23-10-8-17(24)13-23/h2-7,9,11-12,17,24H,8,10,13H2,1H3/t17-/m1/s1. The predicted molar refractivity (Wildman–Crippen MR) is 98.4 cm³/mol. The highest BCUT2D eigenvalue weighted by Gasteiger charge is 2.25. The Morgan fingerprint density at radius 2 is 2.08 bits per heavy atom. The number of aromatic nitrogens is 1. The molecule has 126 valence electrons. The maximum absolute atomic E-state index is 12.7. The van der Waals surface area contributed by atoms with Gasteiger partial charge in [0, 0.05) is 36.6 Å². The number of pyridine rings is 1. The minimum atomic E-state index is -0.399. The number of benzene rings is 2. The van der Waals surface area contributed by atoms with Gasteiger partial charge in [0.05, 0.1) is 6.10 Å². The molecule has 1 aliphatic rings. The summed E-state index contributed by atoms with van der Waals surface area (Å²) >= 11 is 0. The number of amides is 1. The molecule has 3 aromatic rings. The fraction of sp³-hybridized carbons (Fsp3) is 0.238. The number of hydrogen-bond donors (Lipinski definition) is 1. The van der Waals surface area contributed by atoms with Crippen molar-refractivity contribution in [2.75, 3.05) is 13.1 Å². The first-order valence-corrected chi connectivity index (χ1v) is 8.54. The molecule has 0 bridgehead atoms. The van der Waals surface area contributed by atoms with Crippen molar-refractivity contribution in [3.05, 3.63) is 66.0 Å². The van der Waals surface area contributed by atoms with E-state index in [0.717, 1.165) is 21.9 Å². The summed E-state index contributed by atoms with van der Waals surface area (Å²) in [4.78, 5) is 18.6. The van der Waals surface area contributed by atoms with E-state index in [0.29, 0.717) is 25.1 Å². The van der Waals surface area contributed by atoms with Gasteiger partial charge in [-0.15, -0.1) is 0 Å². The molecular formula is C21H20N2O2. The van der Waals surface area contributed by atoms with E-state index in [1.807, 2.05) is 42.6 Å². The van der Waals surface area contributed by atoms with Gasteiger partial charge in [-0.25, -0.2) is 0 Å². The van der Waals surface area contributed by atoms with E-state index >= 15 is 0 Å². The summed E-state index contributed by atoms with van der Waals surface area (Å²) in [6.45, 7) is 3.12. The first-order valence-electron chi connectivity index (χ1n) is 8.54. The van der Waals surface area contributed by atoms with Crippen molar-refractivity contribution in [2.24, 2.45) is 0 Å². The highest BCUT2D eigenvalue weighted by molar-refractivity contribution is 6.03. The molecule has 1 aliphatic heterocycles. The van der Waals surface area contributed by atoms with Gasteiger partial charge >= 0.3 is 0 Å². The second-order valence-corrected chi connectivity index (χ2v) is 6.63. The maximum Gasteiger partial charge on any atom is 0.253 e. The summed E-state index contributed by atoms with van der Waals surface area (Å²) < 4.78 is 0. The molecule has 2 aromatic carbocycles. The number of likely N-dealkylation sites (tertiary alicyclic amines) is 1. The van der Waals surface area contributed by atoms with Crippen LogP contribution >= 0.6 is 0 Å². The number of rotatable bonds is 2. The second kappa shape index (κ2) is 6.30. The molecule has 1 saturated heterocycles. The predicted octanol–water partition coefficient (Wildman–Crippen LogP) is 3.42. The summed E-state index contributed by atoms with van der Waals surface area (Å²) in [5, 5.41) is 11.8. The molecule has 1 N–H and O–H groups in total. The fourth-order valence-electron chi connectivity index (χ4n) is 3.51. The number of fused-ring (bicyclic) bond motifs is 1. The third-order valence-corrected chi connectivity index (χ3v) is 4.91. The molecule has 0 radical (unpaired) electrons. The molecule has 25 heavy (non-hydrogen) atoms. The number of carbonyl (C=O) groups is 1. The van der Waals surface area contributed by atoms with Crippen LogP contribution in [-0.4, -0.2) is 40.1 Å². The molecule has 4 rings (SSSR count). The first-order chi connectivity index (χ1) is 12.1. The zero-order valence-electron chi connectivity index (χ0n) is 14.1. The third-order valence-electron chi connectivity index (χ3n) is 4.91. The van der Waals surface area contributed by atoms with Crippen LogP contribution in [0.25, 0.3) is 21.9 Å². The van der Waals surface area contributed by atoms with E-state index in [1.165, 1.54) is 5.56 Å². The fourth-order valence-corrected chi connectivity index (χ4v) is 3.51. The number of aliphatic hydroxyl groups is 1. The molecule has 1 aromatic heterocycles. The molecule has 1 fully saturated rings. The van der Waals surface area contributed by atoms with E-state index < -0.39 is 6.10 Å². The van der Waals surface area contributed by atoms with Crippen molar-refractivity contribution in [1.82, 2.24) is 9.88 Å². The van der Waals surface area contributed by atoms with Crippen LogP contribution < -0.4 is 0 Å². The number of aryl methyl sites for hydroxylation is 1. The lowest BCUT2D eigenvalue weighted by Gasteiger charge is -2.16. The minimum Gasteiger partial charge on any atom is -0.391 e. The van der Waals surface area contributed by atoms with E-state index in [9.17, 15) is 9.90 Å². The molecule has 1 atom stereocenters. The van der Waals surface area contributed by atoms with Crippen LogP contribution in [0.15, 0.2) is 54.9 Å². The van der Waals surface area contributed by atoms with Gasteiger partial charge in [0.15, 0.2) is 0 Å². The number of hydrogen-bond acceptors (Lipinski definition) is 3. The maximum atomic E-state index is 12.7. The Balaban J connectivity index is 1.76. The Morgan fingerprint density at radius 1 is 1.20 bits per heavy atom. The topological polar surface area (TPSA) is 53.4 Å². The molecule has 0 unspecified atom stereocenters. The summed E-state index contributed by atoms with van der Waals surface area (Å²) in [6, 6.07) is 14.0. The minimum absolute atomic E-state index is 0.0126.